The number of benzene rings is 1. The lowest BCUT2D eigenvalue weighted by molar-refractivity contribution is 0.246. The van der Waals surface area contributed by atoms with Crippen LogP contribution in [0, 0.1) is 0 Å². The topological polar surface area (TPSA) is 32.3 Å². The van der Waals surface area contributed by atoms with Crippen LogP contribution in [-0.4, -0.2) is 41.0 Å². The predicted molar refractivity (Wildman–Crippen MR) is 101 cm³/mol. The molecule has 0 spiro atoms. The Hall–Kier alpha value is -2.72. The van der Waals surface area contributed by atoms with Gasteiger partial charge in [0.1, 0.15) is 5.82 Å². The lowest BCUT2D eigenvalue weighted by atomic mass is 10.1. The summed E-state index contributed by atoms with van der Waals surface area (Å²) in [5.41, 5.74) is 3.61. The molecule has 126 valence electrons. The van der Waals surface area contributed by atoms with Gasteiger partial charge in [-0.25, -0.2) is 4.98 Å². The van der Waals surface area contributed by atoms with Crippen molar-refractivity contribution < 1.29 is 0 Å². The molecule has 0 radical (unpaired) electrons. The van der Waals surface area contributed by atoms with Crippen LogP contribution in [0.1, 0.15) is 5.69 Å². The Balaban J connectivity index is 1.39. The molecular weight excluding hydrogens is 308 g/mol. The van der Waals surface area contributed by atoms with Crippen LogP contribution < -0.4 is 4.90 Å². The number of piperazine rings is 1. The fourth-order valence-electron chi connectivity index (χ4n) is 3.28. The molecule has 25 heavy (non-hydrogen) atoms. The van der Waals surface area contributed by atoms with Crippen LogP contribution in [0.5, 0.6) is 0 Å². The van der Waals surface area contributed by atoms with Crippen molar-refractivity contribution in [3.8, 4) is 11.1 Å². The van der Waals surface area contributed by atoms with E-state index in [1.807, 2.05) is 30.6 Å². The first-order chi connectivity index (χ1) is 12.4. The van der Waals surface area contributed by atoms with E-state index in [9.17, 15) is 0 Å². The third-order valence-corrected chi connectivity index (χ3v) is 4.65. The van der Waals surface area contributed by atoms with Crippen molar-refractivity contribution in [3.05, 3.63) is 78.8 Å². The third kappa shape index (κ3) is 3.86. The minimum atomic E-state index is 0.900. The summed E-state index contributed by atoms with van der Waals surface area (Å²) in [7, 11) is 0. The minimum absolute atomic E-state index is 0.900. The van der Waals surface area contributed by atoms with Gasteiger partial charge in [-0.3, -0.25) is 9.88 Å². The Morgan fingerprint density at radius 1 is 0.720 bits per heavy atom. The molecule has 0 atom stereocenters. The number of nitrogens with zero attached hydrogens (tertiary/aromatic N) is 4. The summed E-state index contributed by atoms with van der Waals surface area (Å²) in [6, 6.07) is 20.9. The van der Waals surface area contributed by atoms with Crippen LogP contribution in [0.3, 0.4) is 0 Å². The highest BCUT2D eigenvalue weighted by Crippen LogP contribution is 2.20. The van der Waals surface area contributed by atoms with Crippen LogP contribution in [0.15, 0.2) is 73.1 Å². The van der Waals surface area contributed by atoms with Crippen LogP contribution in [-0.2, 0) is 6.54 Å². The van der Waals surface area contributed by atoms with Crippen molar-refractivity contribution in [2.24, 2.45) is 0 Å². The van der Waals surface area contributed by atoms with E-state index in [1.165, 1.54) is 11.1 Å². The molecule has 1 aliphatic rings. The number of hydrogen-bond acceptors (Lipinski definition) is 4. The van der Waals surface area contributed by atoms with Crippen LogP contribution in [0.25, 0.3) is 11.1 Å². The second-order valence-electron chi connectivity index (χ2n) is 6.35. The maximum Gasteiger partial charge on any atom is 0.128 e. The van der Waals surface area contributed by atoms with Gasteiger partial charge in [0.15, 0.2) is 0 Å². The molecule has 3 aromatic rings. The zero-order valence-corrected chi connectivity index (χ0v) is 14.3. The summed E-state index contributed by atoms with van der Waals surface area (Å²) in [5, 5.41) is 0. The molecule has 1 saturated heterocycles. The van der Waals surface area contributed by atoms with E-state index in [0.717, 1.165) is 44.2 Å². The highest BCUT2D eigenvalue weighted by atomic mass is 15.3. The molecule has 4 heteroatoms. The SMILES string of the molecule is c1ccc(-c2ccnc(CN3CCN(c4ccccn4)CC3)c2)cc1. The van der Waals surface area contributed by atoms with Crippen molar-refractivity contribution in [2.45, 2.75) is 6.54 Å². The quantitative estimate of drug-likeness (QED) is 0.733. The normalized spacial score (nSPS) is 15.3. The van der Waals surface area contributed by atoms with E-state index in [0.29, 0.717) is 0 Å². The molecule has 0 unspecified atom stereocenters. The van der Waals surface area contributed by atoms with Gasteiger partial charge in [-0.15, -0.1) is 0 Å². The maximum absolute atomic E-state index is 4.57. The van der Waals surface area contributed by atoms with E-state index in [4.69, 9.17) is 0 Å². The van der Waals surface area contributed by atoms with Crippen molar-refractivity contribution in [1.82, 2.24) is 14.9 Å². The largest absolute Gasteiger partial charge is 0.354 e. The highest BCUT2D eigenvalue weighted by molar-refractivity contribution is 5.63. The maximum atomic E-state index is 4.57. The smallest absolute Gasteiger partial charge is 0.128 e. The summed E-state index contributed by atoms with van der Waals surface area (Å²) in [5.74, 6) is 1.08. The first kappa shape index (κ1) is 15.8. The number of anilines is 1. The zero-order valence-electron chi connectivity index (χ0n) is 14.3. The standard InChI is InChI=1S/C21H22N4/c1-2-6-18(7-3-1)19-9-11-22-20(16-19)17-24-12-14-25(15-13-24)21-8-4-5-10-23-21/h1-11,16H,12-15,17H2. The van der Waals surface area contributed by atoms with Crippen molar-refractivity contribution in [3.63, 3.8) is 0 Å². The monoisotopic (exact) mass is 330 g/mol. The molecule has 1 aliphatic heterocycles. The van der Waals surface area contributed by atoms with Gasteiger partial charge in [-0.1, -0.05) is 36.4 Å². The van der Waals surface area contributed by atoms with Crippen LogP contribution in [0.4, 0.5) is 5.82 Å². The van der Waals surface area contributed by atoms with Gasteiger partial charge in [-0.05, 0) is 35.4 Å². The minimum Gasteiger partial charge on any atom is -0.354 e. The molecule has 2 aromatic heterocycles. The summed E-state index contributed by atoms with van der Waals surface area (Å²) in [6.07, 6.45) is 3.78. The summed E-state index contributed by atoms with van der Waals surface area (Å²) in [4.78, 5) is 13.8. The zero-order chi connectivity index (χ0) is 16.9. The Kier molecular flexibility index (Phi) is 4.70. The Morgan fingerprint density at radius 2 is 1.52 bits per heavy atom. The summed E-state index contributed by atoms with van der Waals surface area (Å²) >= 11 is 0. The first-order valence-corrected chi connectivity index (χ1v) is 8.77. The molecular formula is C21H22N4. The molecule has 1 fully saturated rings. The molecule has 0 aliphatic carbocycles. The summed E-state index contributed by atoms with van der Waals surface area (Å²) < 4.78 is 0. The van der Waals surface area contributed by atoms with E-state index >= 15 is 0 Å². The summed E-state index contributed by atoms with van der Waals surface area (Å²) in [6.45, 7) is 4.99. The highest BCUT2D eigenvalue weighted by Gasteiger charge is 2.18. The van der Waals surface area contributed by atoms with Gasteiger partial charge in [0.05, 0.1) is 5.69 Å². The Morgan fingerprint density at radius 3 is 2.28 bits per heavy atom. The number of aromatic nitrogens is 2. The van der Waals surface area contributed by atoms with Gasteiger partial charge in [-0.2, -0.15) is 0 Å². The Labute approximate surface area is 148 Å². The van der Waals surface area contributed by atoms with Crippen molar-refractivity contribution >= 4 is 5.82 Å². The number of pyridine rings is 2. The molecule has 3 heterocycles. The number of rotatable bonds is 4. The van der Waals surface area contributed by atoms with Crippen LogP contribution in [0.2, 0.25) is 0 Å². The second kappa shape index (κ2) is 7.45. The van der Waals surface area contributed by atoms with Gasteiger partial charge < -0.3 is 4.90 Å². The van der Waals surface area contributed by atoms with Gasteiger partial charge in [0.25, 0.3) is 0 Å². The molecule has 0 bridgehead atoms. The van der Waals surface area contributed by atoms with Crippen molar-refractivity contribution in [1.29, 1.82) is 0 Å². The average Bonchev–Trinajstić information content (AvgIpc) is 2.70. The van der Waals surface area contributed by atoms with E-state index in [2.05, 4.69) is 62.2 Å². The molecule has 0 amide bonds. The fraction of sp³-hybridized carbons (Fsp3) is 0.238. The molecule has 0 N–H and O–H groups in total. The van der Waals surface area contributed by atoms with E-state index in [-0.39, 0.29) is 0 Å². The second-order valence-corrected chi connectivity index (χ2v) is 6.35. The molecule has 4 rings (SSSR count). The molecule has 4 nitrogen and oxygen atoms in total. The first-order valence-electron chi connectivity index (χ1n) is 8.77. The lowest BCUT2D eigenvalue weighted by Gasteiger charge is -2.35. The van der Waals surface area contributed by atoms with Crippen molar-refractivity contribution in [2.75, 3.05) is 31.1 Å². The van der Waals surface area contributed by atoms with E-state index < -0.39 is 0 Å². The van der Waals surface area contributed by atoms with Crippen LogP contribution >= 0.6 is 0 Å². The fourth-order valence-corrected chi connectivity index (χ4v) is 3.28. The van der Waals surface area contributed by atoms with Gasteiger partial charge >= 0.3 is 0 Å². The Bertz CT molecular complexity index is 796. The molecule has 1 aromatic carbocycles. The third-order valence-electron chi connectivity index (χ3n) is 4.65. The average molecular weight is 330 g/mol. The predicted octanol–water partition coefficient (Wildman–Crippen LogP) is 3.47. The van der Waals surface area contributed by atoms with Gasteiger partial charge in [0.2, 0.25) is 0 Å². The van der Waals surface area contributed by atoms with E-state index in [1.54, 1.807) is 0 Å². The van der Waals surface area contributed by atoms with Gasteiger partial charge in [0, 0.05) is 45.1 Å². The number of hydrogen-bond donors (Lipinski definition) is 0. The lowest BCUT2D eigenvalue weighted by Crippen LogP contribution is -2.46. The molecule has 0 saturated carbocycles.